The lowest BCUT2D eigenvalue weighted by Crippen LogP contribution is -2.39. The number of amides is 1. The van der Waals surface area contributed by atoms with E-state index in [1.807, 2.05) is 36.4 Å². The molecule has 3 heterocycles. The lowest BCUT2D eigenvalue weighted by Gasteiger charge is -2.29. The first-order valence-electron chi connectivity index (χ1n) is 13.0. The number of aromatic nitrogens is 1. The van der Waals surface area contributed by atoms with Gasteiger partial charge in [-0.05, 0) is 78.7 Å². The SMILES string of the molecule is C/C(=N\C=C/I)NC(=O)C(c1ccccc1)n1ccc2cc(-c3ccc(C4CCN(C)CC4)cc3)sc2c1=O. The minimum absolute atomic E-state index is 0.183. The number of halogens is 1. The molecule has 1 aliphatic heterocycles. The van der Waals surface area contributed by atoms with E-state index in [0.717, 1.165) is 34.5 Å². The van der Waals surface area contributed by atoms with E-state index >= 15 is 0 Å². The number of hydrogen-bond donors (Lipinski definition) is 1. The predicted molar refractivity (Wildman–Crippen MR) is 170 cm³/mol. The van der Waals surface area contributed by atoms with Gasteiger partial charge in [-0.25, -0.2) is 4.99 Å². The molecule has 0 aliphatic carbocycles. The van der Waals surface area contributed by atoms with E-state index in [0.29, 0.717) is 16.5 Å². The maximum atomic E-state index is 13.8. The fourth-order valence-corrected chi connectivity index (χ4v) is 6.40. The third kappa shape index (κ3) is 6.23. The van der Waals surface area contributed by atoms with Gasteiger partial charge in [-0.2, -0.15) is 0 Å². The summed E-state index contributed by atoms with van der Waals surface area (Å²) >= 11 is 3.55. The lowest BCUT2D eigenvalue weighted by molar-refractivity contribution is -0.121. The molecule has 1 fully saturated rings. The largest absolute Gasteiger partial charge is 0.312 e. The Bertz CT molecular complexity index is 1570. The van der Waals surface area contributed by atoms with Gasteiger partial charge < -0.3 is 10.2 Å². The number of carbonyl (C=O) groups excluding carboxylic acids is 1. The number of nitrogens with one attached hydrogen (secondary N) is 1. The highest BCUT2D eigenvalue weighted by molar-refractivity contribution is 14.1. The highest BCUT2D eigenvalue weighted by Crippen LogP contribution is 2.34. The van der Waals surface area contributed by atoms with Gasteiger partial charge in [0, 0.05) is 22.7 Å². The van der Waals surface area contributed by atoms with Crippen LogP contribution < -0.4 is 10.9 Å². The number of likely N-dealkylation sites (tertiary alicyclic amines) is 1. The minimum Gasteiger partial charge on any atom is -0.312 e. The van der Waals surface area contributed by atoms with Crippen LogP contribution >= 0.6 is 33.9 Å². The van der Waals surface area contributed by atoms with Crippen molar-refractivity contribution < 1.29 is 4.79 Å². The summed E-state index contributed by atoms with van der Waals surface area (Å²) in [6.07, 6.45) is 5.71. The molecule has 0 radical (unpaired) electrons. The molecule has 0 saturated carbocycles. The van der Waals surface area contributed by atoms with Crippen LogP contribution in [0.2, 0.25) is 0 Å². The Morgan fingerprint density at radius 1 is 1.10 bits per heavy atom. The molecule has 39 heavy (non-hydrogen) atoms. The first-order valence-corrected chi connectivity index (χ1v) is 15.1. The van der Waals surface area contributed by atoms with Crippen LogP contribution in [0.1, 0.15) is 42.9 Å². The molecule has 200 valence electrons. The number of aliphatic imine (C=N–C) groups is 1. The first kappa shape index (κ1) is 27.5. The summed E-state index contributed by atoms with van der Waals surface area (Å²) in [6, 6.07) is 21.4. The van der Waals surface area contributed by atoms with Crippen LogP contribution in [0.15, 0.2) is 93.0 Å². The normalized spacial score (nSPS) is 16.1. The third-order valence-electron chi connectivity index (χ3n) is 7.26. The predicted octanol–water partition coefficient (Wildman–Crippen LogP) is 6.57. The van der Waals surface area contributed by atoms with Gasteiger partial charge in [-0.15, -0.1) is 11.3 Å². The summed E-state index contributed by atoms with van der Waals surface area (Å²) in [6.45, 7) is 4.00. The number of nitrogens with zero attached hydrogens (tertiary/aromatic N) is 3. The maximum Gasteiger partial charge on any atom is 0.269 e. The molecule has 6 nitrogen and oxygen atoms in total. The van der Waals surface area contributed by atoms with Gasteiger partial charge in [0.1, 0.15) is 16.6 Å². The Labute approximate surface area is 246 Å². The number of piperidine rings is 1. The van der Waals surface area contributed by atoms with Gasteiger partial charge in [0.25, 0.3) is 11.5 Å². The Hall–Kier alpha value is -3.08. The molecule has 2 aromatic carbocycles. The van der Waals surface area contributed by atoms with Crippen LogP contribution in [-0.2, 0) is 4.79 Å². The van der Waals surface area contributed by atoms with E-state index in [-0.39, 0.29) is 11.5 Å². The third-order valence-corrected chi connectivity index (χ3v) is 8.77. The highest BCUT2D eigenvalue weighted by atomic mass is 127. The number of rotatable bonds is 6. The van der Waals surface area contributed by atoms with E-state index in [4.69, 9.17) is 0 Å². The van der Waals surface area contributed by atoms with Crippen LogP contribution in [0.25, 0.3) is 20.5 Å². The molecule has 1 N–H and O–H groups in total. The van der Waals surface area contributed by atoms with Crippen molar-refractivity contribution in [2.45, 2.75) is 31.7 Å². The van der Waals surface area contributed by atoms with Crippen LogP contribution in [0, 0.1) is 0 Å². The molecule has 1 atom stereocenters. The molecule has 4 aromatic rings. The number of carbonyl (C=O) groups is 1. The molecule has 1 unspecified atom stereocenters. The summed E-state index contributed by atoms with van der Waals surface area (Å²) in [5.41, 5.74) is 3.04. The molecule has 2 aromatic heterocycles. The van der Waals surface area contributed by atoms with Crippen molar-refractivity contribution in [1.82, 2.24) is 14.8 Å². The van der Waals surface area contributed by atoms with Crippen LogP contribution in [0.4, 0.5) is 0 Å². The number of thiophene rings is 1. The number of hydrogen-bond acceptors (Lipinski definition) is 5. The van der Waals surface area contributed by atoms with E-state index in [1.165, 1.54) is 34.3 Å². The van der Waals surface area contributed by atoms with Gasteiger partial charge in [0.2, 0.25) is 0 Å². The zero-order valence-corrected chi connectivity index (χ0v) is 25.0. The van der Waals surface area contributed by atoms with Crippen molar-refractivity contribution in [3.8, 4) is 10.4 Å². The Morgan fingerprint density at radius 2 is 1.82 bits per heavy atom. The van der Waals surface area contributed by atoms with Crippen molar-refractivity contribution in [2.75, 3.05) is 20.1 Å². The van der Waals surface area contributed by atoms with Crippen molar-refractivity contribution in [3.05, 3.63) is 105 Å². The van der Waals surface area contributed by atoms with Crippen molar-refractivity contribution >= 4 is 55.8 Å². The summed E-state index contributed by atoms with van der Waals surface area (Å²) in [7, 11) is 2.18. The van der Waals surface area contributed by atoms with Crippen molar-refractivity contribution in [2.24, 2.45) is 4.99 Å². The van der Waals surface area contributed by atoms with Gasteiger partial charge >= 0.3 is 0 Å². The van der Waals surface area contributed by atoms with E-state index in [1.54, 1.807) is 23.4 Å². The summed E-state index contributed by atoms with van der Waals surface area (Å²) in [5.74, 6) is 0.759. The number of pyridine rings is 1. The van der Waals surface area contributed by atoms with Gasteiger partial charge in [0.15, 0.2) is 0 Å². The minimum atomic E-state index is -0.823. The lowest BCUT2D eigenvalue weighted by atomic mass is 9.89. The fraction of sp³-hybridized carbons (Fsp3) is 0.258. The highest BCUT2D eigenvalue weighted by Gasteiger charge is 2.25. The molecule has 0 bridgehead atoms. The zero-order valence-electron chi connectivity index (χ0n) is 22.0. The molecule has 1 aliphatic rings. The molecule has 0 spiro atoms. The molecular weight excluding hydrogens is 619 g/mol. The zero-order chi connectivity index (χ0) is 27.4. The van der Waals surface area contributed by atoms with E-state index in [2.05, 4.69) is 75.2 Å². The van der Waals surface area contributed by atoms with Gasteiger partial charge in [-0.1, -0.05) is 77.2 Å². The molecular formula is C31H31IN4O2S. The number of benzene rings is 2. The average Bonchev–Trinajstić information content (AvgIpc) is 3.40. The fourth-order valence-electron chi connectivity index (χ4n) is 5.14. The van der Waals surface area contributed by atoms with Gasteiger partial charge in [0.05, 0.1) is 0 Å². The summed E-state index contributed by atoms with van der Waals surface area (Å²) in [5, 5.41) is 3.73. The maximum absolute atomic E-state index is 13.8. The smallest absolute Gasteiger partial charge is 0.269 e. The summed E-state index contributed by atoms with van der Waals surface area (Å²) < 4.78 is 3.92. The Balaban J connectivity index is 1.47. The second-order valence-electron chi connectivity index (χ2n) is 9.91. The van der Waals surface area contributed by atoms with Crippen LogP contribution in [0.3, 0.4) is 0 Å². The molecule has 8 heteroatoms. The molecule has 5 rings (SSSR count). The quantitative estimate of drug-likeness (QED) is 0.146. The molecule has 1 saturated heterocycles. The number of amidine groups is 1. The van der Waals surface area contributed by atoms with Crippen LogP contribution in [-0.4, -0.2) is 41.3 Å². The van der Waals surface area contributed by atoms with E-state index in [9.17, 15) is 9.59 Å². The Morgan fingerprint density at radius 3 is 2.51 bits per heavy atom. The average molecular weight is 651 g/mol. The topological polar surface area (TPSA) is 66.7 Å². The van der Waals surface area contributed by atoms with Crippen molar-refractivity contribution in [3.63, 3.8) is 0 Å². The standard InChI is InChI=1S/C31H31IN4O2S/c1-21(33-16-15-32)34-30(37)28(25-6-4-3-5-7-25)36-19-14-26-20-27(39-29(26)31(36)38)24-10-8-22(9-11-24)23-12-17-35(2)18-13-23/h3-11,14-16,19-20,23,28H,12-13,17-18H2,1-2H3,(H,33,34,37)/b16-15-. The van der Waals surface area contributed by atoms with Crippen LogP contribution in [0.5, 0.6) is 0 Å². The second kappa shape index (κ2) is 12.4. The summed E-state index contributed by atoms with van der Waals surface area (Å²) in [4.78, 5) is 34.9. The Kier molecular flexibility index (Phi) is 8.74. The second-order valence-corrected chi connectivity index (χ2v) is 11.7. The monoisotopic (exact) mass is 650 g/mol. The number of fused-ring (bicyclic) bond motifs is 1. The van der Waals surface area contributed by atoms with E-state index < -0.39 is 6.04 Å². The first-order chi connectivity index (χ1) is 18.9. The van der Waals surface area contributed by atoms with Gasteiger partial charge in [-0.3, -0.25) is 14.2 Å². The van der Waals surface area contributed by atoms with Crippen molar-refractivity contribution in [1.29, 1.82) is 0 Å². The molecule has 1 amide bonds.